The van der Waals surface area contributed by atoms with Crippen LogP contribution in [0.25, 0.3) is 88.8 Å². The van der Waals surface area contributed by atoms with Gasteiger partial charge in [0.1, 0.15) is 17.1 Å². The molecule has 0 saturated heterocycles. The second-order valence-electron chi connectivity index (χ2n) is 17.2. The van der Waals surface area contributed by atoms with Crippen molar-refractivity contribution in [2.24, 2.45) is 0 Å². The molecule has 0 atom stereocenters. The molecule has 0 amide bonds. The van der Waals surface area contributed by atoms with Gasteiger partial charge in [0.05, 0.1) is 44.1 Å². The number of hydrogen-bond donors (Lipinski definition) is 0. The second-order valence-corrected chi connectivity index (χ2v) is 20.9. The first kappa shape index (κ1) is 37.5. The van der Waals surface area contributed by atoms with Crippen LogP contribution < -0.4 is 21.0 Å². The highest BCUT2D eigenvalue weighted by atomic mass is 28.3. The Kier molecular flexibility index (Phi) is 8.17. The van der Waals surface area contributed by atoms with Gasteiger partial charge in [0.15, 0.2) is 0 Å². The Morgan fingerprint density at radius 1 is 0.299 bits per heavy atom. The average molecular weight is 874 g/mol. The Balaban J connectivity index is 1.14. The molecule has 0 N–H and O–H groups in total. The third-order valence-electron chi connectivity index (χ3n) is 13.7. The molecule has 0 fully saturated rings. The Labute approximate surface area is 385 Å². The Morgan fingerprint density at radius 3 is 1.24 bits per heavy atom. The lowest BCUT2D eigenvalue weighted by molar-refractivity contribution is 1.01. The minimum Gasteiger partial charge on any atom is -0.294 e. The van der Waals surface area contributed by atoms with Gasteiger partial charge in [-0.1, -0.05) is 170 Å². The molecule has 0 spiro atoms. The lowest BCUT2D eigenvalue weighted by Crippen LogP contribution is -2.76. The predicted molar refractivity (Wildman–Crippen MR) is 277 cm³/mol. The van der Waals surface area contributed by atoms with Gasteiger partial charge in [-0.25, -0.2) is 15.0 Å². The molecule has 67 heavy (non-hydrogen) atoms. The van der Waals surface area contributed by atoms with Crippen molar-refractivity contribution < 1.29 is 0 Å². The van der Waals surface area contributed by atoms with E-state index in [1.807, 2.05) is 0 Å². The summed E-state index contributed by atoms with van der Waals surface area (Å²) in [6.07, 6.45) is 0. The van der Waals surface area contributed by atoms with Crippen molar-refractivity contribution in [3.05, 3.63) is 237 Å². The van der Waals surface area contributed by atoms with Gasteiger partial charge in [-0.2, -0.15) is 0 Å². The summed E-state index contributed by atoms with van der Waals surface area (Å²) in [7, 11) is -3.46. The van der Waals surface area contributed by atoms with Gasteiger partial charge in [0, 0.05) is 33.3 Å². The fourth-order valence-corrected chi connectivity index (χ4v) is 15.3. The van der Waals surface area contributed by atoms with Gasteiger partial charge in [0.2, 0.25) is 13.9 Å². The minimum atomic E-state index is -3.46. The largest absolute Gasteiger partial charge is 0.294 e. The zero-order chi connectivity index (χ0) is 44.1. The maximum Gasteiger partial charge on any atom is 0.226 e. The van der Waals surface area contributed by atoms with E-state index >= 15 is 0 Å². The van der Waals surface area contributed by atoms with Crippen LogP contribution in [-0.4, -0.2) is 41.1 Å². The average Bonchev–Trinajstić information content (AvgIpc) is 4.13. The van der Waals surface area contributed by atoms with Gasteiger partial charge >= 0.3 is 0 Å². The summed E-state index contributed by atoms with van der Waals surface area (Å²) in [6, 6.07) is 85.0. The molecule has 314 valence electrons. The van der Waals surface area contributed by atoms with Gasteiger partial charge in [-0.15, -0.1) is 0 Å². The number of aromatic nitrogens is 7. The molecule has 14 rings (SSSR count). The van der Waals surface area contributed by atoms with Crippen molar-refractivity contribution in [1.29, 1.82) is 0 Å². The molecule has 8 heteroatoms. The zero-order valence-electron chi connectivity index (χ0n) is 36.1. The first-order chi connectivity index (χ1) is 33.3. The van der Waals surface area contributed by atoms with Crippen molar-refractivity contribution in [3.8, 4) is 17.3 Å². The summed E-state index contributed by atoms with van der Waals surface area (Å²) in [5.41, 5.74) is 10.4. The van der Waals surface area contributed by atoms with Gasteiger partial charge < -0.3 is 0 Å². The van der Waals surface area contributed by atoms with E-state index in [4.69, 9.17) is 15.0 Å². The number of rotatable bonds is 7. The molecule has 7 nitrogen and oxygen atoms in total. The normalized spacial score (nSPS) is 12.2. The van der Waals surface area contributed by atoms with Crippen molar-refractivity contribution in [1.82, 2.24) is 33.1 Å². The molecule has 14 aromatic rings. The van der Waals surface area contributed by atoms with E-state index in [9.17, 15) is 0 Å². The molecule has 0 bridgehead atoms. The van der Waals surface area contributed by atoms with Crippen molar-refractivity contribution in [3.63, 3.8) is 0 Å². The maximum atomic E-state index is 5.95. The standard InChI is InChI=1S/C59H39N7Si/c1-3-21-41(22-4-1)67(42-23-5-2-6-24-42,43-25-19-20-40(38-43)63-54-36-17-18-37-55(54)66-53-35-16-11-30-48(53)60-59(63)66)58-61-56(64-49-31-12-7-26-44(49)45-27-8-13-32-50(45)64)39-57(62-58)65-51-33-14-9-28-46(51)47-29-10-15-34-52(47)65/h1-39H. The van der Waals surface area contributed by atoms with Crippen LogP contribution in [0.4, 0.5) is 0 Å². The Hall–Kier alpha value is -8.85. The first-order valence-electron chi connectivity index (χ1n) is 22.7. The van der Waals surface area contributed by atoms with Crippen LogP contribution in [0.15, 0.2) is 237 Å². The fourth-order valence-electron chi connectivity index (χ4n) is 10.9. The molecule has 5 heterocycles. The highest BCUT2D eigenvalue weighted by Crippen LogP contribution is 2.35. The zero-order valence-corrected chi connectivity index (χ0v) is 37.1. The van der Waals surface area contributed by atoms with Gasteiger partial charge in [-0.05, 0) is 76.2 Å². The summed E-state index contributed by atoms with van der Waals surface area (Å²) in [4.78, 5) is 17.2. The maximum absolute atomic E-state index is 5.95. The van der Waals surface area contributed by atoms with Crippen LogP contribution in [0, 0.1) is 0 Å². The quantitative estimate of drug-likeness (QED) is 0.118. The monoisotopic (exact) mass is 873 g/mol. The van der Waals surface area contributed by atoms with Crippen LogP contribution in [0.2, 0.25) is 0 Å². The molecule has 9 aromatic carbocycles. The molecule has 0 aliphatic rings. The van der Waals surface area contributed by atoms with Crippen LogP contribution in [0.1, 0.15) is 0 Å². The molecule has 5 aromatic heterocycles. The highest BCUT2D eigenvalue weighted by Gasteiger charge is 2.46. The van der Waals surface area contributed by atoms with E-state index in [0.29, 0.717) is 0 Å². The van der Waals surface area contributed by atoms with Crippen molar-refractivity contribution >= 4 is 101 Å². The molecule has 0 aliphatic carbocycles. The van der Waals surface area contributed by atoms with Crippen molar-refractivity contribution in [2.75, 3.05) is 0 Å². The lowest BCUT2D eigenvalue weighted by atomic mass is 10.2. The summed E-state index contributed by atoms with van der Waals surface area (Å²) in [6.45, 7) is 0. The van der Waals surface area contributed by atoms with E-state index in [0.717, 1.165) is 77.9 Å². The van der Waals surface area contributed by atoms with Crippen LogP contribution in [-0.2, 0) is 0 Å². The Bertz CT molecular complexity index is 3960. The molecular weight excluding hydrogens is 835 g/mol. The van der Waals surface area contributed by atoms with E-state index in [2.05, 4.69) is 255 Å². The Morgan fingerprint density at radius 2 is 0.716 bits per heavy atom. The number of para-hydroxylation sites is 8. The smallest absolute Gasteiger partial charge is 0.226 e. The summed E-state index contributed by atoms with van der Waals surface area (Å²) < 4.78 is 9.27. The number of hydrogen-bond acceptors (Lipinski definition) is 3. The topological polar surface area (TPSA) is 57.9 Å². The molecule has 0 aliphatic heterocycles. The third-order valence-corrected chi connectivity index (χ3v) is 18.2. The lowest BCUT2D eigenvalue weighted by Gasteiger charge is -2.33. The highest BCUT2D eigenvalue weighted by molar-refractivity contribution is 7.19. The van der Waals surface area contributed by atoms with Crippen LogP contribution >= 0.6 is 0 Å². The van der Waals surface area contributed by atoms with E-state index in [-0.39, 0.29) is 0 Å². The first-order valence-corrected chi connectivity index (χ1v) is 24.7. The summed E-state index contributed by atoms with van der Waals surface area (Å²) in [5, 5.41) is 8.22. The van der Waals surface area contributed by atoms with E-state index < -0.39 is 8.07 Å². The number of imidazole rings is 2. The molecular formula is C59H39N7Si. The summed E-state index contributed by atoms with van der Waals surface area (Å²) >= 11 is 0. The second kappa shape index (κ2) is 14.6. The van der Waals surface area contributed by atoms with E-state index in [1.54, 1.807) is 0 Å². The van der Waals surface area contributed by atoms with Gasteiger partial charge in [0.25, 0.3) is 0 Å². The van der Waals surface area contributed by atoms with Crippen molar-refractivity contribution in [2.45, 2.75) is 0 Å². The number of nitrogens with zero attached hydrogens (tertiary/aromatic N) is 7. The van der Waals surface area contributed by atoms with Gasteiger partial charge in [-0.3, -0.25) is 18.1 Å². The molecule has 0 unspecified atom stereocenters. The minimum absolute atomic E-state index is 0.785. The number of benzene rings is 9. The van der Waals surface area contributed by atoms with Crippen LogP contribution in [0.5, 0.6) is 0 Å². The molecule has 0 saturated carbocycles. The van der Waals surface area contributed by atoms with E-state index in [1.165, 1.54) is 31.9 Å². The third kappa shape index (κ3) is 5.42. The predicted octanol–water partition coefficient (Wildman–Crippen LogP) is 10.8. The molecule has 0 radical (unpaired) electrons. The number of fused-ring (bicyclic) bond motifs is 11. The summed E-state index contributed by atoms with van der Waals surface area (Å²) in [5.74, 6) is 2.48. The SMILES string of the molecule is c1ccc([Si](c2ccccc2)(c2cccc(-n3c4ccccc4n4c5ccccc5nc34)c2)c2nc(-n3c4ccccc4c4ccccc43)cc(-n3c4ccccc4c4ccccc43)n2)cc1. The van der Waals surface area contributed by atoms with Crippen LogP contribution in [0.3, 0.4) is 0 Å². The fraction of sp³-hybridized carbons (Fsp3) is 0.